The van der Waals surface area contributed by atoms with Gasteiger partial charge in [-0.05, 0) is 61.9 Å². The van der Waals surface area contributed by atoms with Crippen LogP contribution in [0.3, 0.4) is 0 Å². The number of benzene rings is 2. The zero-order valence-electron chi connectivity index (χ0n) is 19.1. The molecule has 0 saturated carbocycles. The number of carboxylic acids is 1. The summed E-state index contributed by atoms with van der Waals surface area (Å²) < 4.78 is 0. The lowest BCUT2D eigenvalue weighted by atomic mass is 9.88. The molecule has 1 fully saturated rings. The Bertz CT molecular complexity index is 844. The van der Waals surface area contributed by atoms with Crippen LogP contribution in [0.15, 0.2) is 48.5 Å². The van der Waals surface area contributed by atoms with E-state index in [0.717, 1.165) is 42.9 Å². The molecule has 0 radical (unpaired) electrons. The fourth-order valence-electron chi connectivity index (χ4n) is 4.29. The van der Waals surface area contributed by atoms with E-state index in [1.165, 1.54) is 5.69 Å². The zero-order chi connectivity index (χ0) is 21.9. The number of aliphatic carboxylic acids is 1. The maximum Gasteiger partial charge on any atom is 0.310 e. The van der Waals surface area contributed by atoms with Crippen molar-refractivity contribution in [2.24, 2.45) is 5.92 Å². The van der Waals surface area contributed by atoms with E-state index >= 15 is 0 Å². The molecule has 1 heterocycles. The molecule has 1 N–H and O–H groups in total. The first-order valence-corrected chi connectivity index (χ1v) is 11.1. The van der Waals surface area contributed by atoms with Gasteiger partial charge in [0.1, 0.15) is 0 Å². The van der Waals surface area contributed by atoms with Gasteiger partial charge < -0.3 is 10.0 Å². The standard InChI is InChI=1S/C26H36N2O2/c1-19(2)17-24(25(29)30)22-8-6-7-21(18-22)20-9-11-23(12-10-20)27-13-15-28(16-14-27)26(3,4)5/h6-12,18-19,24H,13-17H2,1-5H3,(H,29,30). The highest BCUT2D eigenvalue weighted by Gasteiger charge is 2.26. The second-order valence-corrected chi connectivity index (χ2v) is 9.84. The summed E-state index contributed by atoms with van der Waals surface area (Å²) in [5, 5.41) is 9.68. The molecule has 4 nitrogen and oxygen atoms in total. The minimum atomic E-state index is -0.745. The van der Waals surface area contributed by atoms with Crippen molar-refractivity contribution in [2.75, 3.05) is 31.1 Å². The Morgan fingerprint density at radius 3 is 2.13 bits per heavy atom. The number of carbonyl (C=O) groups is 1. The normalized spacial score (nSPS) is 16.7. The molecule has 1 atom stereocenters. The first kappa shape index (κ1) is 22.4. The molecule has 1 saturated heterocycles. The van der Waals surface area contributed by atoms with Gasteiger partial charge in [-0.25, -0.2) is 0 Å². The van der Waals surface area contributed by atoms with Crippen LogP contribution in [0.1, 0.15) is 52.5 Å². The molecule has 3 rings (SSSR count). The number of hydrogen-bond donors (Lipinski definition) is 1. The molecule has 4 heteroatoms. The monoisotopic (exact) mass is 408 g/mol. The number of piperazine rings is 1. The Hall–Kier alpha value is -2.33. The van der Waals surface area contributed by atoms with Crippen molar-refractivity contribution in [1.29, 1.82) is 0 Å². The summed E-state index contributed by atoms with van der Waals surface area (Å²) in [5.41, 5.74) is 4.57. The highest BCUT2D eigenvalue weighted by Crippen LogP contribution is 2.30. The van der Waals surface area contributed by atoms with Gasteiger partial charge in [-0.15, -0.1) is 0 Å². The summed E-state index contributed by atoms with van der Waals surface area (Å²) in [4.78, 5) is 16.8. The molecule has 0 amide bonds. The third-order valence-corrected chi connectivity index (χ3v) is 6.09. The van der Waals surface area contributed by atoms with Crippen molar-refractivity contribution in [3.63, 3.8) is 0 Å². The van der Waals surface area contributed by atoms with Gasteiger partial charge >= 0.3 is 5.97 Å². The number of rotatable bonds is 6. The summed E-state index contributed by atoms with van der Waals surface area (Å²) in [6.45, 7) is 15.2. The van der Waals surface area contributed by atoms with Gasteiger partial charge in [0.15, 0.2) is 0 Å². The van der Waals surface area contributed by atoms with Crippen molar-refractivity contribution in [3.05, 3.63) is 54.1 Å². The molecule has 2 aromatic carbocycles. The molecule has 30 heavy (non-hydrogen) atoms. The predicted molar refractivity (Wildman–Crippen MR) is 125 cm³/mol. The van der Waals surface area contributed by atoms with Crippen molar-refractivity contribution < 1.29 is 9.90 Å². The SMILES string of the molecule is CC(C)CC(C(=O)O)c1cccc(-c2ccc(N3CCN(C(C)(C)C)CC3)cc2)c1. The van der Waals surface area contributed by atoms with Crippen LogP contribution in [0.25, 0.3) is 11.1 Å². The van der Waals surface area contributed by atoms with Crippen molar-refractivity contribution >= 4 is 11.7 Å². The van der Waals surface area contributed by atoms with E-state index in [-0.39, 0.29) is 5.54 Å². The molecule has 2 aromatic rings. The van der Waals surface area contributed by atoms with Gasteiger partial charge in [-0.3, -0.25) is 9.69 Å². The third-order valence-electron chi connectivity index (χ3n) is 6.09. The van der Waals surface area contributed by atoms with E-state index in [2.05, 4.69) is 74.8 Å². The van der Waals surface area contributed by atoms with Crippen LogP contribution in [-0.4, -0.2) is 47.7 Å². The fourth-order valence-corrected chi connectivity index (χ4v) is 4.29. The summed E-state index contributed by atoms with van der Waals surface area (Å²) in [6.07, 6.45) is 0.651. The average molecular weight is 409 g/mol. The molecule has 0 aromatic heterocycles. The van der Waals surface area contributed by atoms with Crippen molar-refractivity contribution in [3.8, 4) is 11.1 Å². The highest BCUT2D eigenvalue weighted by atomic mass is 16.4. The maximum atomic E-state index is 11.8. The Kier molecular flexibility index (Phi) is 6.87. The lowest BCUT2D eigenvalue weighted by Crippen LogP contribution is -2.53. The summed E-state index contributed by atoms with van der Waals surface area (Å²) in [5.74, 6) is -0.860. The second-order valence-electron chi connectivity index (χ2n) is 9.84. The minimum absolute atomic E-state index is 0.227. The highest BCUT2D eigenvalue weighted by molar-refractivity contribution is 5.77. The summed E-state index contributed by atoms with van der Waals surface area (Å²) >= 11 is 0. The number of carboxylic acid groups (broad SMARTS) is 1. The molecule has 0 bridgehead atoms. The van der Waals surface area contributed by atoms with Crippen LogP contribution in [-0.2, 0) is 4.79 Å². The van der Waals surface area contributed by atoms with Crippen molar-refractivity contribution in [2.45, 2.75) is 52.5 Å². The van der Waals surface area contributed by atoms with E-state index in [9.17, 15) is 9.90 Å². The molecule has 162 valence electrons. The lowest BCUT2D eigenvalue weighted by molar-refractivity contribution is -0.139. The number of nitrogens with zero attached hydrogens (tertiary/aromatic N) is 2. The van der Waals surface area contributed by atoms with Gasteiger partial charge in [0.2, 0.25) is 0 Å². The van der Waals surface area contributed by atoms with Gasteiger partial charge in [-0.2, -0.15) is 0 Å². The molecule has 0 spiro atoms. The first-order chi connectivity index (χ1) is 14.1. The molecule has 1 unspecified atom stereocenters. The Morgan fingerprint density at radius 2 is 1.60 bits per heavy atom. The molecular weight excluding hydrogens is 372 g/mol. The van der Waals surface area contributed by atoms with Crippen LogP contribution in [0, 0.1) is 5.92 Å². The van der Waals surface area contributed by atoms with E-state index in [4.69, 9.17) is 0 Å². The van der Waals surface area contributed by atoms with E-state index in [0.29, 0.717) is 12.3 Å². The van der Waals surface area contributed by atoms with Crippen LogP contribution in [0.4, 0.5) is 5.69 Å². The predicted octanol–water partition coefficient (Wildman–Crippen LogP) is 5.49. The van der Waals surface area contributed by atoms with Gasteiger partial charge in [0, 0.05) is 37.4 Å². The minimum Gasteiger partial charge on any atom is -0.481 e. The van der Waals surface area contributed by atoms with Crippen LogP contribution in [0.5, 0.6) is 0 Å². The molecular formula is C26H36N2O2. The fraction of sp³-hybridized carbons (Fsp3) is 0.500. The third kappa shape index (κ3) is 5.42. The zero-order valence-corrected chi connectivity index (χ0v) is 19.1. The van der Waals surface area contributed by atoms with E-state index < -0.39 is 11.9 Å². The van der Waals surface area contributed by atoms with E-state index in [1.54, 1.807) is 0 Å². The first-order valence-electron chi connectivity index (χ1n) is 11.1. The van der Waals surface area contributed by atoms with Crippen LogP contribution >= 0.6 is 0 Å². The molecule has 1 aliphatic rings. The van der Waals surface area contributed by atoms with Gasteiger partial charge in [-0.1, -0.05) is 50.2 Å². The Morgan fingerprint density at radius 1 is 0.967 bits per heavy atom. The Labute approximate surface area is 181 Å². The molecule has 1 aliphatic heterocycles. The summed E-state index contributed by atoms with van der Waals surface area (Å²) in [6, 6.07) is 16.7. The maximum absolute atomic E-state index is 11.8. The van der Waals surface area contributed by atoms with Gasteiger partial charge in [0.25, 0.3) is 0 Å². The number of anilines is 1. The van der Waals surface area contributed by atoms with Crippen molar-refractivity contribution in [1.82, 2.24) is 4.90 Å². The lowest BCUT2D eigenvalue weighted by Gasteiger charge is -2.43. The second kappa shape index (κ2) is 9.22. The largest absolute Gasteiger partial charge is 0.481 e. The quantitative estimate of drug-likeness (QED) is 0.686. The van der Waals surface area contributed by atoms with Crippen LogP contribution < -0.4 is 4.90 Å². The topological polar surface area (TPSA) is 43.8 Å². The molecule has 0 aliphatic carbocycles. The van der Waals surface area contributed by atoms with E-state index in [1.807, 2.05) is 18.2 Å². The Balaban J connectivity index is 1.73. The summed E-state index contributed by atoms with van der Waals surface area (Å²) in [7, 11) is 0. The van der Waals surface area contributed by atoms with Crippen LogP contribution in [0.2, 0.25) is 0 Å². The smallest absolute Gasteiger partial charge is 0.310 e. The van der Waals surface area contributed by atoms with Gasteiger partial charge in [0.05, 0.1) is 5.92 Å². The number of hydrogen-bond acceptors (Lipinski definition) is 3. The average Bonchev–Trinajstić information content (AvgIpc) is 2.71.